The minimum Gasteiger partial charge on any atom is -0.323 e. The summed E-state index contributed by atoms with van der Waals surface area (Å²) in [7, 11) is 0. The van der Waals surface area contributed by atoms with Gasteiger partial charge in [0, 0.05) is 23.6 Å². The average molecular weight is 275 g/mol. The molecule has 0 atom stereocenters. The summed E-state index contributed by atoms with van der Waals surface area (Å²) in [5, 5.41) is 0. The van der Waals surface area contributed by atoms with Gasteiger partial charge in [0.2, 0.25) is 0 Å². The summed E-state index contributed by atoms with van der Waals surface area (Å²) in [4.78, 5) is 0. The maximum Gasteiger partial charge on any atom is 0.0449 e. The monoisotopic (exact) mass is 275 g/mol. The lowest BCUT2D eigenvalue weighted by molar-refractivity contribution is 0.591. The fourth-order valence-electron chi connectivity index (χ4n) is 2.65. The summed E-state index contributed by atoms with van der Waals surface area (Å²) in [6.45, 7) is 6.80. The van der Waals surface area contributed by atoms with Gasteiger partial charge in [0.1, 0.15) is 0 Å². The molecule has 1 nitrogen and oxygen atoms in total. The fourth-order valence-corrected chi connectivity index (χ4v) is 2.65. The molecule has 21 heavy (non-hydrogen) atoms. The van der Waals surface area contributed by atoms with Crippen LogP contribution in [0.5, 0.6) is 0 Å². The molecule has 2 aromatic carbocycles. The van der Waals surface area contributed by atoms with Gasteiger partial charge in [0.05, 0.1) is 0 Å². The van der Waals surface area contributed by atoms with E-state index in [2.05, 4.69) is 98.4 Å². The summed E-state index contributed by atoms with van der Waals surface area (Å²) in [5.74, 6) is 0. The predicted molar refractivity (Wildman–Crippen MR) is 89.9 cm³/mol. The van der Waals surface area contributed by atoms with Crippen molar-refractivity contribution < 1.29 is 0 Å². The maximum atomic E-state index is 2.27. The third-order valence-corrected chi connectivity index (χ3v) is 3.77. The first-order valence-corrected chi connectivity index (χ1v) is 7.39. The predicted octanol–water partition coefficient (Wildman–Crippen LogP) is 5.44. The lowest BCUT2D eigenvalue weighted by Crippen LogP contribution is -2.11. The molecular formula is C20H21N. The smallest absolute Gasteiger partial charge is 0.0449 e. The van der Waals surface area contributed by atoms with E-state index in [9.17, 15) is 0 Å². The zero-order chi connectivity index (χ0) is 14.9. The highest BCUT2D eigenvalue weighted by Gasteiger charge is 2.21. The second kappa shape index (κ2) is 5.25. The Hall–Kier alpha value is -2.28. The first kappa shape index (κ1) is 13.7. The Kier molecular flexibility index (Phi) is 3.42. The molecule has 3 rings (SSSR count). The Morgan fingerprint density at radius 2 is 1.29 bits per heavy atom. The molecule has 0 amide bonds. The Morgan fingerprint density at radius 3 is 1.86 bits per heavy atom. The number of aromatic nitrogens is 1. The zero-order valence-electron chi connectivity index (χ0n) is 12.9. The average Bonchev–Trinajstić information content (AvgIpc) is 2.94. The molecule has 0 saturated carbocycles. The maximum absolute atomic E-state index is 2.27. The molecule has 106 valence electrons. The van der Waals surface area contributed by atoms with Crippen LogP contribution < -0.4 is 0 Å². The minimum atomic E-state index is 0.116. The zero-order valence-corrected chi connectivity index (χ0v) is 12.9. The van der Waals surface area contributed by atoms with E-state index in [0.717, 1.165) is 0 Å². The van der Waals surface area contributed by atoms with Crippen LogP contribution in [0.25, 0.3) is 16.8 Å². The molecule has 3 aromatic rings. The molecule has 0 N–H and O–H groups in total. The van der Waals surface area contributed by atoms with Crippen LogP contribution in [0.3, 0.4) is 0 Å². The molecule has 0 aliphatic rings. The number of benzene rings is 2. The van der Waals surface area contributed by atoms with Gasteiger partial charge in [-0.15, -0.1) is 0 Å². The van der Waals surface area contributed by atoms with E-state index >= 15 is 0 Å². The van der Waals surface area contributed by atoms with Crippen molar-refractivity contribution in [2.24, 2.45) is 0 Å². The van der Waals surface area contributed by atoms with Gasteiger partial charge in [-0.05, 0) is 28.7 Å². The van der Waals surface area contributed by atoms with Crippen molar-refractivity contribution in [2.75, 3.05) is 0 Å². The van der Waals surface area contributed by atoms with E-state index < -0.39 is 0 Å². The van der Waals surface area contributed by atoms with Crippen LogP contribution in [0.15, 0.2) is 73.1 Å². The quantitative estimate of drug-likeness (QED) is 0.586. The molecular weight excluding hydrogens is 254 g/mol. The Balaban J connectivity index is 2.17. The molecule has 0 radical (unpaired) electrons. The van der Waals surface area contributed by atoms with Crippen LogP contribution in [0.2, 0.25) is 0 Å². The fraction of sp³-hybridized carbons (Fsp3) is 0.200. The molecule has 0 aliphatic heterocycles. The number of nitrogens with zero attached hydrogens (tertiary/aromatic N) is 1. The van der Waals surface area contributed by atoms with E-state index in [-0.39, 0.29) is 5.41 Å². The van der Waals surface area contributed by atoms with Crippen molar-refractivity contribution in [3.63, 3.8) is 0 Å². The SMILES string of the molecule is CC(C)(C)c1cn(-c2ccccc2)cc1-c1ccccc1. The molecule has 0 aliphatic carbocycles. The second-order valence-electron chi connectivity index (χ2n) is 6.44. The first-order chi connectivity index (χ1) is 10.1. The Bertz CT molecular complexity index is 716. The van der Waals surface area contributed by atoms with Gasteiger partial charge in [-0.3, -0.25) is 0 Å². The molecule has 0 bridgehead atoms. The Morgan fingerprint density at radius 1 is 0.714 bits per heavy atom. The number of para-hydroxylation sites is 1. The molecule has 0 saturated heterocycles. The lowest BCUT2D eigenvalue weighted by Gasteiger charge is -2.19. The van der Waals surface area contributed by atoms with Crippen molar-refractivity contribution in [1.29, 1.82) is 0 Å². The summed E-state index contributed by atoms with van der Waals surface area (Å²) >= 11 is 0. The summed E-state index contributed by atoms with van der Waals surface area (Å²) in [5.41, 5.74) is 5.28. The summed E-state index contributed by atoms with van der Waals surface area (Å²) in [6.07, 6.45) is 4.50. The molecule has 1 heteroatoms. The van der Waals surface area contributed by atoms with Gasteiger partial charge in [-0.2, -0.15) is 0 Å². The van der Waals surface area contributed by atoms with E-state index in [4.69, 9.17) is 0 Å². The van der Waals surface area contributed by atoms with Gasteiger partial charge < -0.3 is 4.57 Å². The number of rotatable bonds is 2. The van der Waals surface area contributed by atoms with Crippen LogP contribution >= 0.6 is 0 Å². The van der Waals surface area contributed by atoms with Gasteiger partial charge in [0.25, 0.3) is 0 Å². The van der Waals surface area contributed by atoms with Gasteiger partial charge in [0.15, 0.2) is 0 Å². The number of hydrogen-bond donors (Lipinski definition) is 0. The summed E-state index contributed by atoms with van der Waals surface area (Å²) in [6, 6.07) is 21.1. The molecule has 1 heterocycles. The molecule has 0 spiro atoms. The van der Waals surface area contributed by atoms with Gasteiger partial charge in [-0.25, -0.2) is 0 Å². The van der Waals surface area contributed by atoms with Crippen LogP contribution in [-0.2, 0) is 5.41 Å². The van der Waals surface area contributed by atoms with Crippen LogP contribution in [0.4, 0.5) is 0 Å². The summed E-state index contributed by atoms with van der Waals surface area (Å²) < 4.78 is 2.23. The topological polar surface area (TPSA) is 4.93 Å². The molecule has 0 unspecified atom stereocenters. The highest BCUT2D eigenvalue weighted by Crippen LogP contribution is 2.34. The van der Waals surface area contributed by atoms with E-state index in [1.54, 1.807) is 0 Å². The van der Waals surface area contributed by atoms with Crippen molar-refractivity contribution in [1.82, 2.24) is 4.57 Å². The van der Waals surface area contributed by atoms with Gasteiger partial charge in [-0.1, -0.05) is 69.3 Å². The Labute approximate surface area is 126 Å². The standard InChI is InChI=1S/C20H21N/c1-20(2,3)19-15-21(17-12-8-5-9-13-17)14-18(19)16-10-6-4-7-11-16/h4-15H,1-3H3. The molecule has 0 fully saturated rings. The van der Waals surface area contributed by atoms with E-state index in [1.807, 2.05) is 0 Å². The minimum absolute atomic E-state index is 0.116. The van der Waals surface area contributed by atoms with Crippen LogP contribution in [-0.4, -0.2) is 4.57 Å². The first-order valence-electron chi connectivity index (χ1n) is 7.39. The van der Waals surface area contributed by atoms with Crippen LogP contribution in [0, 0.1) is 0 Å². The van der Waals surface area contributed by atoms with Crippen molar-refractivity contribution in [3.05, 3.63) is 78.6 Å². The van der Waals surface area contributed by atoms with Gasteiger partial charge >= 0.3 is 0 Å². The normalized spacial score (nSPS) is 11.6. The lowest BCUT2D eigenvalue weighted by atomic mass is 9.84. The molecule has 1 aromatic heterocycles. The third-order valence-electron chi connectivity index (χ3n) is 3.77. The van der Waals surface area contributed by atoms with Crippen LogP contribution in [0.1, 0.15) is 26.3 Å². The van der Waals surface area contributed by atoms with Crippen molar-refractivity contribution in [3.8, 4) is 16.8 Å². The highest BCUT2D eigenvalue weighted by atomic mass is 14.9. The van der Waals surface area contributed by atoms with E-state index in [0.29, 0.717) is 0 Å². The number of hydrogen-bond acceptors (Lipinski definition) is 0. The second-order valence-corrected chi connectivity index (χ2v) is 6.44. The highest BCUT2D eigenvalue weighted by molar-refractivity contribution is 5.69. The van der Waals surface area contributed by atoms with Crippen molar-refractivity contribution >= 4 is 0 Å². The van der Waals surface area contributed by atoms with E-state index in [1.165, 1.54) is 22.4 Å². The van der Waals surface area contributed by atoms with Crippen molar-refractivity contribution in [2.45, 2.75) is 26.2 Å². The largest absolute Gasteiger partial charge is 0.323 e. The third kappa shape index (κ3) is 2.78.